The zero-order valence-electron chi connectivity index (χ0n) is 31.5. The number of hydrogen-bond acceptors (Lipinski definition) is 3. The first-order chi connectivity index (χ1) is 23.1. The molecule has 48 heavy (non-hydrogen) atoms. The topological polar surface area (TPSA) is 64.3 Å². The van der Waals surface area contributed by atoms with Gasteiger partial charge >= 0.3 is 0 Å². The molecule has 1 amide bonds. The molecule has 1 saturated carbocycles. The lowest BCUT2D eigenvalue weighted by Gasteiger charge is -2.25. The number of carbonyl (C=O) groups is 1. The molecule has 1 fully saturated rings. The standard InChI is InChI=1S/C27H28ClF2NO2.C8H17N.3C2H6/c1-4-13-33-22-12-11-19(27(31)32)24(26(22)30)23-20(16(3)14-21(29)25(23)28)15-17(5-2)18-9-7-6-8-10-18;1-7-3-5-8(9-2)6-4-7;3*1-2/h6-12,14,17H,4-5,13,15H2,1-3H3,(H2,31,32);7-9H,3-6H2,1-2H3;3*1-2H3. The average Bonchev–Trinajstić information content (AvgIpc) is 3.12. The maximum atomic E-state index is 15.8. The van der Waals surface area contributed by atoms with Crippen molar-refractivity contribution in [3.8, 4) is 16.9 Å². The number of hydrogen-bond donors (Lipinski definition) is 2. The summed E-state index contributed by atoms with van der Waals surface area (Å²) in [5.41, 5.74) is 7.94. The van der Waals surface area contributed by atoms with E-state index in [2.05, 4.69) is 26.2 Å². The molecule has 1 atom stereocenters. The Bertz CT molecular complexity index is 1330. The number of benzene rings is 3. The lowest BCUT2D eigenvalue weighted by Crippen LogP contribution is -2.29. The van der Waals surface area contributed by atoms with E-state index >= 15 is 4.39 Å². The van der Waals surface area contributed by atoms with Gasteiger partial charge in [0.25, 0.3) is 0 Å². The third-order valence-electron chi connectivity index (χ3n) is 8.27. The van der Waals surface area contributed by atoms with Crippen LogP contribution >= 0.6 is 11.6 Å². The maximum Gasteiger partial charge on any atom is 0.249 e. The van der Waals surface area contributed by atoms with E-state index in [0.29, 0.717) is 30.6 Å². The van der Waals surface area contributed by atoms with Gasteiger partial charge in [0.2, 0.25) is 5.91 Å². The van der Waals surface area contributed by atoms with Crippen LogP contribution in [0.25, 0.3) is 11.1 Å². The highest BCUT2D eigenvalue weighted by Crippen LogP contribution is 2.43. The second-order valence-electron chi connectivity index (χ2n) is 11.3. The van der Waals surface area contributed by atoms with Gasteiger partial charge in [-0.25, -0.2) is 8.78 Å². The summed E-state index contributed by atoms with van der Waals surface area (Å²) in [7, 11) is 2.07. The zero-order valence-corrected chi connectivity index (χ0v) is 32.3. The summed E-state index contributed by atoms with van der Waals surface area (Å²) in [6, 6.07) is 14.9. The molecule has 0 bridgehead atoms. The summed E-state index contributed by atoms with van der Waals surface area (Å²) in [6.07, 6.45) is 7.58. The number of ether oxygens (including phenoxy) is 1. The first-order valence-electron chi connectivity index (χ1n) is 18.1. The molecule has 0 spiro atoms. The van der Waals surface area contributed by atoms with E-state index in [-0.39, 0.29) is 33.4 Å². The van der Waals surface area contributed by atoms with Gasteiger partial charge in [-0.3, -0.25) is 4.79 Å². The summed E-state index contributed by atoms with van der Waals surface area (Å²) < 4.78 is 36.1. The minimum Gasteiger partial charge on any atom is -0.491 e. The fraction of sp³-hybridized carbons (Fsp3) is 0.537. The number of primary amides is 1. The Labute approximate surface area is 296 Å². The van der Waals surface area contributed by atoms with Crippen LogP contribution in [0.15, 0.2) is 48.5 Å². The summed E-state index contributed by atoms with van der Waals surface area (Å²) in [4.78, 5) is 12.2. The third-order valence-corrected chi connectivity index (χ3v) is 8.64. The Kier molecular flexibility index (Phi) is 23.5. The number of rotatable bonds is 10. The van der Waals surface area contributed by atoms with Crippen molar-refractivity contribution in [2.75, 3.05) is 13.7 Å². The normalized spacial score (nSPS) is 15.5. The van der Waals surface area contributed by atoms with Crippen molar-refractivity contribution in [3.05, 3.63) is 87.4 Å². The van der Waals surface area contributed by atoms with E-state index in [9.17, 15) is 9.18 Å². The molecule has 1 unspecified atom stereocenters. The predicted molar refractivity (Wildman–Crippen MR) is 204 cm³/mol. The predicted octanol–water partition coefficient (Wildman–Crippen LogP) is 12.1. The number of nitrogens with two attached hydrogens (primary N) is 1. The van der Waals surface area contributed by atoms with Crippen LogP contribution in [0, 0.1) is 24.5 Å². The fourth-order valence-electron chi connectivity index (χ4n) is 5.66. The van der Waals surface area contributed by atoms with Gasteiger partial charge in [-0.15, -0.1) is 0 Å². The van der Waals surface area contributed by atoms with Crippen LogP contribution in [0.3, 0.4) is 0 Å². The number of halogens is 3. The van der Waals surface area contributed by atoms with Crippen molar-refractivity contribution >= 4 is 17.5 Å². The Morgan fingerprint density at radius 1 is 0.958 bits per heavy atom. The Morgan fingerprint density at radius 3 is 2.04 bits per heavy atom. The maximum absolute atomic E-state index is 15.8. The van der Waals surface area contributed by atoms with Gasteiger partial charge in [-0.2, -0.15) is 0 Å². The van der Waals surface area contributed by atoms with Gasteiger partial charge < -0.3 is 15.8 Å². The third kappa shape index (κ3) is 13.2. The molecular weight excluding hydrogens is 626 g/mol. The van der Waals surface area contributed by atoms with E-state index in [1.54, 1.807) is 6.92 Å². The molecule has 7 heteroatoms. The second kappa shape index (κ2) is 25.1. The summed E-state index contributed by atoms with van der Waals surface area (Å²) in [5, 5.41) is 3.08. The average molecular weight is 689 g/mol. The molecule has 1 aliphatic rings. The van der Waals surface area contributed by atoms with Crippen molar-refractivity contribution in [1.29, 1.82) is 0 Å². The van der Waals surface area contributed by atoms with Crippen LogP contribution in [0.5, 0.6) is 5.75 Å². The molecule has 4 rings (SSSR count). The lowest BCUT2D eigenvalue weighted by molar-refractivity contribution is 0.100. The fourth-order valence-corrected chi connectivity index (χ4v) is 5.92. The largest absolute Gasteiger partial charge is 0.491 e. The van der Waals surface area contributed by atoms with Gasteiger partial charge in [0.05, 0.1) is 17.2 Å². The molecule has 0 aliphatic heterocycles. The second-order valence-corrected chi connectivity index (χ2v) is 11.7. The van der Waals surface area contributed by atoms with Gasteiger partial charge in [-0.05, 0) is 106 Å². The summed E-state index contributed by atoms with van der Waals surface area (Å²) in [6.45, 7) is 20.4. The van der Waals surface area contributed by atoms with E-state index in [1.807, 2.05) is 78.8 Å². The van der Waals surface area contributed by atoms with Gasteiger partial charge in [0.1, 0.15) is 5.82 Å². The number of nitrogens with one attached hydrogen (secondary N) is 1. The molecule has 0 saturated heterocycles. The van der Waals surface area contributed by atoms with E-state index in [4.69, 9.17) is 22.1 Å². The lowest BCUT2D eigenvalue weighted by atomic mass is 9.83. The van der Waals surface area contributed by atoms with Crippen LogP contribution < -0.4 is 15.8 Å². The van der Waals surface area contributed by atoms with E-state index in [0.717, 1.165) is 23.9 Å². The van der Waals surface area contributed by atoms with Crippen molar-refractivity contribution in [3.63, 3.8) is 0 Å². The molecule has 1 aliphatic carbocycles. The summed E-state index contributed by atoms with van der Waals surface area (Å²) in [5.74, 6) is -1.25. The summed E-state index contributed by atoms with van der Waals surface area (Å²) >= 11 is 6.45. The Morgan fingerprint density at radius 2 is 1.54 bits per heavy atom. The highest BCUT2D eigenvalue weighted by Gasteiger charge is 2.27. The van der Waals surface area contributed by atoms with Crippen molar-refractivity contribution in [2.24, 2.45) is 11.7 Å². The molecular formula is C41H63ClF2N2O2. The molecule has 3 aromatic rings. The first-order valence-corrected chi connectivity index (χ1v) is 18.5. The highest BCUT2D eigenvalue weighted by molar-refractivity contribution is 6.34. The number of aryl methyl sites for hydroxylation is 1. The van der Waals surface area contributed by atoms with Crippen LogP contribution in [0.1, 0.15) is 134 Å². The monoisotopic (exact) mass is 688 g/mol. The van der Waals surface area contributed by atoms with E-state index < -0.39 is 17.5 Å². The molecule has 0 heterocycles. The smallest absolute Gasteiger partial charge is 0.249 e. The van der Waals surface area contributed by atoms with Crippen LogP contribution in [-0.2, 0) is 6.42 Å². The Hall–Kier alpha value is -2.96. The zero-order chi connectivity index (χ0) is 36.8. The molecule has 0 aromatic heterocycles. The SMILES string of the molecule is CC.CC.CC.CCCOc1ccc(C(N)=O)c(-c2c(Cl)c(F)cc(C)c2CC(CC)c2ccccc2)c1F.CNC1CCC(C)CC1. The van der Waals surface area contributed by atoms with Crippen LogP contribution in [-0.4, -0.2) is 25.6 Å². The van der Waals surface area contributed by atoms with Gasteiger partial charge in [-0.1, -0.05) is 104 Å². The van der Waals surface area contributed by atoms with Crippen LogP contribution in [0.2, 0.25) is 5.02 Å². The van der Waals surface area contributed by atoms with Gasteiger partial charge in [0, 0.05) is 17.2 Å². The quantitative estimate of drug-likeness (QED) is 0.223. The Balaban J connectivity index is 0.00000124. The number of carbonyl (C=O) groups excluding carboxylic acids is 1. The molecule has 270 valence electrons. The minimum atomic E-state index is -0.829. The van der Waals surface area contributed by atoms with Gasteiger partial charge in [0.15, 0.2) is 11.6 Å². The first kappa shape index (κ1) is 45.0. The molecule has 4 nitrogen and oxygen atoms in total. The van der Waals surface area contributed by atoms with Crippen molar-refractivity contribution in [2.45, 2.75) is 126 Å². The number of amides is 1. The molecule has 3 N–H and O–H groups in total. The highest BCUT2D eigenvalue weighted by atomic mass is 35.5. The minimum absolute atomic E-state index is 0.0316. The van der Waals surface area contributed by atoms with Crippen LogP contribution in [0.4, 0.5) is 8.78 Å². The molecule has 3 aromatic carbocycles. The van der Waals surface area contributed by atoms with E-state index in [1.165, 1.54) is 43.9 Å². The van der Waals surface area contributed by atoms with Crippen molar-refractivity contribution < 1.29 is 18.3 Å². The van der Waals surface area contributed by atoms with Crippen molar-refractivity contribution in [1.82, 2.24) is 5.32 Å². The molecule has 0 radical (unpaired) electrons.